The molecular formula is C17H20N2O. The fourth-order valence-corrected chi connectivity index (χ4v) is 2.78. The van der Waals surface area contributed by atoms with Crippen LogP contribution in [0.3, 0.4) is 0 Å². The predicted molar refractivity (Wildman–Crippen MR) is 83.6 cm³/mol. The highest BCUT2D eigenvalue weighted by molar-refractivity contribution is 5.73. The summed E-state index contributed by atoms with van der Waals surface area (Å²) >= 11 is 0. The lowest BCUT2D eigenvalue weighted by molar-refractivity contribution is 0.467. The van der Waals surface area contributed by atoms with Crippen LogP contribution in [0.25, 0.3) is 0 Å². The van der Waals surface area contributed by atoms with Crippen LogP contribution in [0.2, 0.25) is 0 Å². The van der Waals surface area contributed by atoms with E-state index in [0.717, 1.165) is 25.2 Å². The molecule has 0 radical (unpaired) electrons. The molecule has 0 aromatic heterocycles. The molecule has 1 N–H and O–H groups in total. The first-order valence-corrected chi connectivity index (χ1v) is 6.99. The molecule has 0 aliphatic carbocycles. The predicted octanol–water partition coefficient (Wildman–Crippen LogP) is 3.16. The molecule has 3 rings (SSSR count). The highest BCUT2D eigenvalue weighted by atomic mass is 16.3. The maximum atomic E-state index is 10.0. The summed E-state index contributed by atoms with van der Waals surface area (Å²) in [5.74, 6) is 0.381. The van der Waals surface area contributed by atoms with Crippen molar-refractivity contribution in [3.8, 4) is 5.75 Å². The normalized spacial score (nSPS) is 14.3. The molecule has 2 aromatic rings. The zero-order valence-corrected chi connectivity index (χ0v) is 12.0. The number of phenols is 1. The Bertz CT molecular complexity index is 624. The number of anilines is 2. The first-order valence-electron chi connectivity index (χ1n) is 6.99. The van der Waals surface area contributed by atoms with E-state index in [1.54, 1.807) is 6.07 Å². The first-order chi connectivity index (χ1) is 9.65. The van der Waals surface area contributed by atoms with Crippen LogP contribution in [0.5, 0.6) is 5.75 Å². The second-order valence-electron chi connectivity index (χ2n) is 5.46. The Morgan fingerprint density at radius 3 is 2.60 bits per heavy atom. The van der Waals surface area contributed by atoms with Crippen molar-refractivity contribution in [2.24, 2.45) is 0 Å². The van der Waals surface area contributed by atoms with Crippen LogP contribution >= 0.6 is 0 Å². The minimum absolute atomic E-state index is 0.381. The average molecular weight is 268 g/mol. The van der Waals surface area contributed by atoms with E-state index in [9.17, 15) is 5.11 Å². The molecule has 0 unspecified atom stereocenters. The van der Waals surface area contributed by atoms with Gasteiger partial charge in [0.15, 0.2) is 0 Å². The van der Waals surface area contributed by atoms with Gasteiger partial charge in [-0.05, 0) is 25.1 Å². The third kappa shape index (κ3) is 2.31. The molecule has 3 nitrogen and oxygen atoms in total. The van der Waals surface area contributed by atoms with Crippen molar-refractivity contribution in [1.82, 2.24) is 0 Å². The lowest BCUT2D eigenvalue weighted by Crippen LogP contribution is -2.38. The second kappa shape index (κ2) is 5.08. The molecule has 0 fully saturated rings. The molecule has 0 amide bonds. The Balaban J connectivity index is 1.92. The Morgan fingerprint density at radius 1 is 1.05 bits per heavy atom. The molecule has 0 bridgehead atoms. The quantitative estimate of drug-likeness (QED) is 0.906. The maximum Gasteiger partial charge on any atom is 0.120 e. The van der Waals surface area contributed by atoms with Crippen molar-refractivity contribution in [1.29, 1.82) is 0 Å². The van der Waals surface area contributed by atoms with Crippen LogP contribution in [0.15, 0.2) is 42.5 Å². The third-order valence-corrected chi connectivity index (χ3v) is 3.94. The van der Waals surface area contributed by atoms with Gasteiger partial charge in [-0.2, -0.15) is 0 Å². The van der Waals surface area contributed by atoms with E-state index >= 15 is 0 Å². The SMILES string of the molecule is Cc1ccc(O)c(CN2CCN(C)c3ccccc32)c1. The van der Waals surface area contributed by atoms with Gasteiger partial charge < -0.3 is 14.9 Å². The standard InChI is InChI=1S/C17H20N2O/c1-13-7-8-17(20)14(11-13)12-19-10-9-18(2)15-5-3-4-6-16(15)19/h3-8,11,20H,9-10,12H2,1-2H3. The van der Waals surface area contributed by atoms with Crippen molar-refractivity contribution in [3.05, 3.63) is 53.6 Å². The summed E-state index contributed by atoms with van der Waals surface area (Å²) in [5.41, 5.74) is 4.66. The summed E-state index contributed by atoms with van der Waals surface area (Å²) in [6.45, 7) is 4.78. The Kier molecular flexibility index (Phi) is 3.26. The molecule has 0 saturated carbocycles. The largest absolute Gasteiger partial charge is 0.508 e. The minimum Gasteiger partial charge on any atom is -0.508 e. The van der Waals surface area contributed by atoms with Gasteiger partial charge >= 0.3 is 0 Å². The number of nitrogens with zero attached hydrogens (tertiary/aromatic N) is 2. The molecular weight excluding hydrogens is 248 g/mol. The number of benzene rings is 2. The number of hydrogen-bond donors (Lipinski definition) is 1. The van der Waals surface area contributed by atoms with Gasteiger partial charge in [-0.3, -0.25) is 0 Å². The zero-order chi connectivity index (χ0) is 14.1. The highest BCUT2D eigenvalue weighted by Gasteiger charge is 2.20. The summed E-state index contributed by atoms with van der Waals surface area (Å²) in [4.78, 5) is 4.62. The van der Waals surface area contributed by atoms with Gasteiger partial charge in [-0.1, -0.05) is 29.8 Å². The molecule has 3 heteroatoms. The van der Waals surface area contributed by atoms with Crippen LogP contribution < -0.4 is 9.80 Å². The number of hydrogen-bond acceptors (Lipinski definition) is 3. The molecule has 1 heterocycles. The molecule has 1 aliphatic heterocycles. The number of para-hydroxylation sites is 2. The van der Waals surface area contributed by atoms with Gasteiger partial charge in [0, 0.05) is 32.2 Å². The summed E-state index contributed by atoms with van der Waals surface area (Å²) in [7, 11) is 2.13. The van der Waals surface area contributed by atoms with Gasteiger partial charge in [0.25, 0.3) is 0 Å². The number of rotatable bonds is 2. The van der Waals surface area contributed by atoms with E-state index < -0.39 is 0 Å². The first kappa shape index (κ1) is 12.9. The van der Waals surface area contributed by atoms with Crippen molar-refractivity contribution >= 4 is 11.4 Å². The van der Waals surface area contributed by atoms with E-state index in [-0.39, 0.29) is 0 Å². The fourth-order valence-electron chi connectivity index (χ4n) is 2.78. The summed E-state index contributed by atoms with van der Waals surface area (Å²) in [6, 6.07) is 14.2. The molecule has 2 aromatic carbocycles. The number of fused-ring (bicyclic) bond motifs is 1. The van der Waals surface area contributed by atoms with Crippen molar-refractivity contribution in [2.75, 3.05) is 29.9 Å². The Labute approximate surface area is 120 Å². The fraction of sp³-hybridized carbons (Fsp3) is 0.294. The molecule has 0 spiro atoms. The van der Waals surface area contributed by atoms with Gasteiger partial charge in [0.05, 0.1) is 11.4 Å². The smallest absolute Gasteiger partial charge is 0.120 e. The lowest BCUT2D eigenvalue weighted by Gasteiger charge is -2.37. The number of likely N-dealkylation sites (N-methyl/N-ethyl adjacent to an activating group) is 1. The van der Waals surface area contributed by atoms with Crippen LogP contribution in [0, 0.1) is 6.92 Å². The Morgan fingerprint density at radius 2 is 1.80 bits per heavy atom. The van der Waals surface area contributed by atoms with Crippen LogP contribution in [-0.4, -0.2) is 25.2 Å². The Hall–Kier alpha value is -2.16. The number of aryl methyl sites for hydroxylation is 1. The topological polar surface area (TPSA) is 26.7 Å². The van der Waals surface area contributed by atoms with Crippen molar-refractivity contribution in [2.45, 2.75) is 13.5 Å². The van der Waals surface area contributed by atoms with Gasteiger partial charge in [-0.25, -0.2) is 0 Å². The zero-order valence-electron chi connectivity index (χ0n) is 12.0. The van der Waals surface area contributed by atoms with Gasteiger partial charge in [-0.15, -0.1) is 0 Å². The molecule has 104 valence electrons. The van der Waals surface area contributed by atoms with Crippen LogP contribution in [0.1, 0.15) is 11.1 Å². The van der Waals surface area contributed by atoms with E-state index in [0.29, 0.717) is 5.75 Å². The van der Waals surface area contributed by atoms with E-state index in [1.165, 1.54) is 16.9 Å². The molecule has 1 aliphatic rings. The lowest BCUT2D eigenvalue weighted by atomic mass is 10.1. The average Bonchev–Trinajstić information content (AvgIpc) is 2.46. The second-order valence-corrected chi connectivity index (χ2v) is 5.46. The van der Waals surface area contributed by atoms with Crippen LogP contribution in [-0.2, 0) is 6.54 Å². The van der Waals surface area contributed by atoms with E-state index in [4.69, 9.17) is 0 Å². The van der Waals surface area contributed by atoms with Crippen LogP contribution in [0.4, 0.5) is 11.4 Å². The van der Waals surface area contributed by atoms with Crippen molar-refractivity contribution < 1.29 is 5.11 Å². The van der Waals surface area contributed by atoms with E-state index in [2.05, 4.69) is 54.1 Å². The van der Waals surface area contributed by atoms with E-state index in [1.807, 2.05) is 6.07 Å². The molecule has 0 saturated heterocycles. The summed E-state index contributed by atoms with van der Waals surface area (Å²) in [6.07, 6.45) is 0. The highest BCUT2D eigenvalue weighted by Crippen LogP contribution is 2.33. The summed E-state index contributed by atoms with van der Waals surface area (Å²) < 4.78 is 0. The third-order valence-electron chi connectivity index (χ3n) is 3.94. The molecule has 0 atom stereocenters. The van der Waals surface area contributed by atoms with Gasteiger partial charge in [0.2, 0.25) is 0 Å². The van der Waals surface area contributed by atoms with Gasteiger partial charge in [0.1, 0.15) is 5.75 Å². The van der Waals surface area contributed by atoms with Crippen molar-refractivity contribution in [3.63, 3.8) is 0 Å². The molecule has 20 heavy (non-hydrogen) atoms. The maximum absolute atomic E-state index is 10.0. The monoisotopic (exact) mass is 268 g/mol. The number of aromatic hydroxyl groups is 1. The summed E-state index contributed by atoms with van der Waals surface area (Å²) in [5, 5.41) is 10.0. The minimum atomic E-state index is 0.381. The number of phenolic OH excluding ortho intramolecular Hbond substituents is 1.